The minimum absolute atomic E-state index is 0.121. The van der Waals surface area contributed by atoms with Crippen molar-refractivity contribution in [2.45, 2.75) is 17.9 Å². The fourth-order valence-electron chi connectivity index (χ4n) is 1.80. The highest BCUT2D eigenvalue weighted by Gasteiger charge is 2.21. The Bertz CT molecular complexity index is 780. The van der Waals surface area contributed by atoms with Crippen molar-refractivity contribution < 1.29 is 8.42 Å². The van der Waals surface area contributed by atoms with Crippen molar-refractivity contribution in [1.29, 1.82) is 5.26 Å². The van der Waals surface area contributed by atoms with Crippen LogP contribution in [0.15, 0.2) is 53.4 Å². The molecule has 0 heterocycles. The Labute approximate surface area is 129 Å². The summed E-state index contributed by atoms with van der Waals surface area (Å²) in [5.74, 6) is 0. The lowest BCUT2D eigenvalue weighted by Crippen LogP contribution is -2.27. The average Bonchev–Trinajstić information content (AvgIpc) is 2.45. The van der Waals surface area contributed by atoms with E-state index in [1.807, 2.05) is 13.0 Å². The van der Waals surface area contributed by atoms with Gasteiger partial charge in [-0.05, 0) is 36.8 Å². The van der Waals surface area contributed by atoms with E-state index < -0.39 is 16.1 Å². The Morgan fingerprint density at radius 1 is 1.19 bits per heavy atom. The second-order valence-electron chi connectivity index (χ2n) is 4.55. The number of sulfonamides is 1. The maximum atomic E-state index is 12.3. The molecule has 0 aliphatic rings. The zero-order valence-electron chi connectivity index (χ0n) is 11.2. The lowest BCUT2D eigenvalue weighted by atomic mass is 10.1. The SMILES string of the molecule is Cc1ccc(S(=O)(=O)NC(C#N)c2cccc(Cl)c2)cc1. The van der Waals surface area contributed by atoms with Crippen LogP contribution < -0.4 is 4.72 Å². The third-order valence-electron chi connectivity index (χ3n) is 2.92. The zero-order valence-corrected chi connectivity index (χ0v) is 12.8. The Kier molecular flexibility index (Phi) is 4.63. The molecular formula is C15H13ClN2O2S. The maximum Gasteiger partial charge on any atom is 0.241 e. The molecule has 2 aromatic rings. The third kappa shape index (κ3) is 3.82. The van der Waals surface area contributed by atoms with Crippen LogP contribution in [-0.2, 0) is 10.0 Å². The molecule has 0 amide bonds. The van der Waals surface area contributed by atoms with Gasteiger partial charge in [0.25, 0.3) is 0 Å². The standard InChI is InChI=1S/C15H13ClN2O2S/c1-11-5-7-14(8-6-11)21(19,20)18-15(10-17)12-3-2-4-13(16)9-12/h2-9,15,18H,1H3. The first-order chi connectivity index (χ1) is 9.92. The predicted octanol–water partition coefficient (Wildman–Crippen LogP) is 3.19. The maximum absolute atomic E-state index is 12.3. The molecule has 108 valence electrons. The number of hydrogen-bond acceptors (Lipinski definition) is 3. The van der Waals surface area contributed by atoms with E-state index in [0.29, 0.717) is 10.6 Å². The van der Waals surface area contributed by atoms with Crippen molar-refractivity contribution >= 4 is 21.6 Å². The van der Waals surface area contributed by atoms with E-state index in [1.54, 1.807) is 36.4 Å². The largest absolute Gasteiger partial charge is 0.241 e. The molecule has 0 spiro atoms. The van der Waals surface area contributed by atoms with Gasteiger partial charge in [0, 0.05) is 5.02 Å². The van der Waals surface area contributed by atoms with Gasteiger partial charge in [-0.3, -0.25) is 0 Å². The summed E-state index contributed by atoms with van der Waals surface area (Å²) < 4.78 is 26.9. The van der Waals surface area contributed by atoms with Crippen molar-refractivity contribution in [2.24, 2.45) is 0 Å². The molecule has 6 heteroatoms. The van der Waals surface area contributed by atoms with E-state index >= 15 is 0 Å². The van der Waals surface area contributed by atoms with Crippen LogP contribution in [0.2, 0.25) is 5.02 Å². The van der Waals surface area contributed by atoms with Gasteiger partial charge in [0.2, 0.25) is 10.0 Å². The fraction of sp³-hybridized carbons (Fsp3) is 0.133. The molecule has 2 aromatic carbocycles. The van der Waals surface area contributed by atoms with Gasteiger partial charge in [0.05, 0.1) is 11.0 Å². The van der Waals surface area contributed by atoms with Gasteiger partial charge in [-0.2, -0.15) is 9.98 Å². The molecule has 21 heavy (non-hydrogen) atoms. The summed E-state index contributed by atoms with van der Waals surface area (Å²) in [7, 11) is -3.76. The van der Waals surface area contributed by atoms with Gasteiger partial charge in [-0.15, -0.1) is 0 Å². The minimum Gasteiger partial charge on any atom is -0.207 e. The van der Waals surface area contributed by atoms with Crippen LogP contribution in [-0.4, -0.2) is 8.42 Å². The number of nitriles is 1. The van der Waals surface area contributed by atoms with Gasteiger partial charge in [-0.25, -0.2) is 8.42 Å². The molecule has 0 saturated heterocycles. The number of aryl methyl sites for hydroxylation is 1. The zero-order chi connectivity index (χ0) is 15.5. The lowest BCUT2D eigenvalue weighted by Gasteiger charge is -2.13. The normalized spacial score (nSPS) is 12.6. The Balaban J connectivity index is 2.30. The molecule has 0 bridgehead atoms. The molecular weight excluding hydrogens is 308 g/mol. The Hall–Kier alpha value is -1.87. The first kappa shape index (κ1) is 15.5. The first-order valence-electron chi connectivity index (χ1n) is 6.16. The van der Waals surface area contributed by atoms with E-state index in [2.05, 4.69) is 4.72 Å². The highest BCUT2D eigenvalue weighted by atomic mass is 35.5. The molecule has 1 unspecified atom stereocenters. The second-order valence-corrected chi connectivity index (χ2v) is 6.70. The van der Waals surface area contributed by atoms with Crippen molar-refractivity contribution in [3.8, 4) is 6.07 Å². The number of nitrogens with one attached hydrogen (secondary N) is 1. The van der Waals surface area contributed by atoms with E-state index in [1.165, 1.54) is 12.1 Å². The fourth-order valence-corrected chi connectivity index (χ4v) is 3.12. The Morgan fingerprint density at radius 2 is 1.86 bits per heavy atom. The van der Waals surface area contributed by atoms with Crippen molar-refractivity contribution in [1.82, 2.24) is 4.72 Å². The summed E-state index contributed by atoms with van der Waals surface area (Å²) in [6.45, 7) is 1.87. The van der Waals surface area contributed by atoms with Crippen molar-refractivity contribution in [3.63, 3.8) is 0 Å². The van der Waals surface area contributed by atoms with Crippen LogP contribution in [0.4, 0.5) is 0 Å². The van der Waals surface area contributed by atoms with Crippen molar-refractivity contribution in [3.05, 3.63) is 64.7 Å². The van der Waals surface area contributed by atoms with Crippen LogP contribution in [0.1, 0.15) is 17.2 Å². The van der Waals surface area contributed by atoms with Crippen LogP contribution in [0, 0.1) is 18.3 Å². The molecule has 0 aliphatic heterocycles. The second kappa shape index (κ2) is 6.27. The van der Waals surface area contributed by atoms with Crippen LogP contribution in [0.25, 0.3) is 0 Å². The van der Waals surface area contributed by atoms with Gasteiger partial charge >= 0.3 is 0 Å². The number of halogens is 1. The van der Waals surface area contributed by atoms with E-state index in [9.17, 15) is 13.7 Å². The summed E-state index contributed by atoms with van der Waals surface area (Å²) in [5, 5.41) is 9.65. The van der Waals surface area contributed by atoms with Gasteiger partial charge < -0.3 is 0 Å². The monoisotopic (exact) mass is 320 g/mol. The highest BCUT2D eigenvalue weighted by Crippen LogP contribution is 2.20. The number of nitrogens with zero attached hydrogens (tertiary/aromatic N) is 1. The first-order valence-corrected chi connectivity index (χ1v) is 8.02. The van der Waals surface area contributed by atoms with E-state index in [-0.39, 0.29) is 4.90 Å². The summed E-state index contributed by atoms with van der Waals surface area (Å²) in [6, 6.07) is 13.9. The number of benzene rings is 2. The smallest absolute Gasteiger partial charge is 0.207 e. The van der Waals surface area contributed by atoms with Crippen LogP contribution in [0.5, 0.6) is 0 Å². The number of rotatable bonds is 4. The van der Waals surface area contributed by atoms with Gasteiger partial charge in [-0.1, -0.05) is 41.4 Å². The van der Waals surface area contributed by atoms with Gasteiger partial charge in [0.1, 0.15) is 6.04 Å². The number of hydrogen-bond donors (Lipinski definition) is 1. The summed E-state index contributed by atoms with van der Waals surface area (Å²) in [6.07, 6.45) is 0. The topological polar surface area (TPSA) is 70.0 Å². The van der Waals surface area contributed by atoms with Gasteiger partial charge in [0.15, 0.2) is 0 Å². The predicted molar refractivity (Wildman–Crippen MR) is 81.3 cm³/mol. The molecule has 1 atom stereocenters. The molecule has 0 saturated carbocycles. The molecule has 0 aromatic heterocycles. The quantitative estimate of drug-likeness (QED) is 0.940. The summed E-state index contributed by atoms with van der Waals surface area (Å²) in [5.41, 5.74) is 1.46. The molecule has 2 rings (SSSR count). The molecule has 0 aliphatic carbocycles. The molecule has 4 nitrogen and oxygen atoms in total. The molecule has 0 fully saturated rings. The lowest BCUT2D eigenvalue weighted by molar-refractivity contribution is 0.575. The van der Waals surface area contributed by atoms with Crippen LogP contribution >= 0.6 is 11.6 Å². The highest BCUT2D eigenvalue weighted by molar-refractivity contribution is 7.89. The summed E-state index contributed by atoms with van der Waals surface area (Å²) in [4.78, 5) is 0.121. The van der Waals surface area contributed by atoms with Crippen molar-refractivity contribution in [2.75, 3.05) is 0 Å². The minimum atomic E-state index is -3.76. The molecule has 1 N–H and O–H groups in total. The third-order valence-corrected chi connectivity index (χ3v) is 4.59. The van der Waals surface area contributed by atoms with E-state index in [0.717, 1.165) is 5.56 Å². The Morgan fingerprint density at radius 3 is 2.43 bits per heavy atom. The molecule has 0 radical (unpaired) electrons. The van der Waals surface area contributed by atoms with E-state index in [4.69, 9.17) is 11.6 Å². The summed E-state index contributed by atoms with van der Waals surface area (Å²) >= 11 is 5.86. The average molecular weight is 321 g/mol. The van der Waals surface area contributed by atoms with Crippen LogP contribution in [0.3, 0.4) is 0 Å².